The van der Waals surface area contributed by atoms with E-state index in [1.165, 1.54) is 0 Å². The quantitative estimate of drug-likeness (QED) is 0.782. The topological polar surface area (TPSA) is 46.2 Å². The molecule has 13 heavy (non-hydrogen) atoms. The van der Waals surface area contributed by atoms with Crippen molar-refractivity contribution in [2.75, 3.05) is 5.73 Å². The van der Waals surface area contributed by atoms with Gasteiger partial charge in [-0.3, -0.25) is 0 Å². The molecule has 0 bridgehead atoms. The van der Waals surface area contributed by atoms with Gasteiger partial charge in [-0.2, -0.15) is 0 Å². The van der Waals surface area contributed by atoms with Gasteiger partial charge in [0.05, 0.1) is 6.10 Å². The molecule has 0 aliphatic heterocycles. The lowest BCUT2D eigenvalue weighted by Crippen LogP contribution is -2.03. The Hall–Kier alpha value is -0.540. The molecule has 3 heteroatoms. The van der Waals surface area contributed by atoms with Crippen molar-refractivity contribution in [1.29, 1.82) is 0 Å². The average molecular weight is 242 g/mol. The molecule has 3 N–H and O–H groups in total. The van der Waals surface area contributed by atoms with Crippen molar-refractivity contribution in [1.82, 2.24) is 0 Å². The Morgan fingerprint density at radius 2 is 2.15 bits per heavy atom. The molecule has 0 saturated heterocycles. The molecule has 1 atom stereocenters. The molecule has 0 spiro atoms. The number of nitrogen functional groups attached to an aromatic ring is 1. The summed E-state index contributed by atoms with van der Waals surface area (Å²) >= 11 is 3.37. The maximum Gasteiger partial charge on any atom is 0.0838 e. The van der Waals surface area contributed by atoms with E-state index < -0.39 is 0 Å². The first kappa shape index (κ1) is 9.03. The molecule has 2 nitrogen and oxygen atoms in total. The number of benzene rings is 1. The Morgan fingerprint density at radius 1 is 1.46 bits per heavy atom. The van der Waals surface area contributed by atoms with Crippen LogP contribution >= 0.6 is 15.9 Å². The number of aliphatic hydroxyl groups is 1. The zero-order valence-corrected chi connectivity index (χ0v) is 8.79. The van der Waals surface area contributed by atoms with E-state index in [2.05, 4.69) is 15.9 Å². The third-order valence-electron chi connectivity index (χ3n) is 2.44. The Morgan fingerprint density at radius 3 is 2.77 bits per heavy atom. The first-order chi connectivity index (χ1) is 6.18. The lowest BCUT2D eigenvalue weighted by molar-refractivity contribution is 0.154. The van der Waals surface area contributed by atoms with Crippen LogP contribution in [0.5, 0.6) is 0 Å². The summed E-state index contributed by atoms with van der Waals surface area (Å²) in [6, 6.07) is 5.61. The predicted octanol–water partition coefficient (Wildman–Crippen LogP) is 2.47. The van der Waals surface area contributed by atoms with Crippen LogP contribution < -0.4 is 5.73 Å². The van der Waals surface area contributed by atoms with Crippen molar-refractivity contribution in [3.63, 3.8) is 0 Å². The molecular formula is C10H12BrNO. The molecule has 2 rings (SSSR count). The first-order valence-corrected chi connectivity index (χ1v) is 5.21. The zero-order valence-electron chi connectivity index (χ0n) is 7.20. The molecule has 1 saturated carbocycles. The number of nitrogens with two attached hydrogens (primary N) is 1. The van der Waals surface area contributed by atoms with Gasteiger partial charge < -0.3 is 10.8 Å². The highest BCUT2D eigenvalue weighted by Gasteiger charge is 2.31. The number of halogens is 1. The second-order valence-corrected chi connectivity index (χ2v) is 4.47. The van der Waals surface area contributed by atoms with Gasteiger partial charge in [-0.15, -0.1) is 0 Å². The van der Waals surface area contributed by atoms with Crippen LogP contribution in [0.1, 0.15) is 24.5 Å². The van der Waals surface area contributed by atoms with E-state index in [9.17, 15) is 5.11 Å². The van der Waals surface area contributed by atoms with Gasteiger partial charge in [-0.25, -0.2) is 0 Å². The Bertz CT molecular complexity index is 323. The van der Waals surface area contributed by atoms with Crippen molar-refractivity contribution in [3.05, 3.63) is 28.2 Å². The van der Waals surface area contributed by atoms with Crippen LogP contribution in [0, 0.1) is 5.92 Å². The van der Waals surface area contributed by atoms with E-state index in [0.29, 0.717) is 11.6 Å². The van der Waals surface area contributed by atoms with E-state index in [1.807, 2.05) is 18.2 Å². The highest BCUT2D eigenvalue weighted by Crippen LogP contribution is 2.42. The maximum atomic E-state index is 9.86. The standard InChI is InChI=1S/C10H12BrNO/c11-7-3-4-9(12)8(5-7)10(13)6-1-2-6/h3-6,10,13H,1-2,12H2. The molecular weight excluding hydrogens is 230 g/mol. The molecule has 1 fully saturated rings. The summed E-state index contributed by atoms with van der Waals surface area (Å²) in [6.45, 7) is 0. The minimum Gasteiger partial charge on any atom is -0.398 e. The number of rotatable bonds is 2. The van der Waals surface area contributed by atoms with E-state index >= 15 is 0 Å². The van der Waals surface area contributed by atoms with Gasteiger partial charge in [-0.05, 0) is 37.0 Å². The van der Waals surface area contributed by atoms with Crippen LogP contribution in [-0.4, -0.2) is 5.11 Å². The number of anilines is 1. The minimum absolute atomic E-state index is 0.377. The summed E-state index contributed by atoms with van der Waals surface area (Å²) in [5.41, 5.74) is 7.32. The highest BCUT2D eigenvalue weighted by molar-refractivity contribution is 9.10. The van der Waals surface area contributed by atoms with E-state index in [1.54, 1.807) is 0 Å². The molecule has 1 aromatic carbocycles. The lowest BCUT2D eigenvalue weighted by Gasteiger charge is -2.12. The van der Waals surface area contributed by atoms with Gasteiger partial charge in [0.2, 0.25) is 0 Å². The molecule has 0 heterocycles. The van der Waals surface area contributed by atoms with Gasteiger partial charge in [0.15, 0.2) is 0 Å². The predicted molar refractivity (Wildman–Crippen MR) is 56.2 cm³/mol. The SMILES string of the molecule is Nc1ccc(Br)cc1C(O)C1CC1. The third-order valence-corrected chi connectivity index (χ3v) is 2.93. The van der Waals surface area contributed by atoms with Crippen LogP contribution in [0.25, 0.3) is 0 Å². The zero-order chi connectivity index (χ0) is 9.42. The van der Waals surface area contributed by atoms with Crippen LogP contribution in [0.2, 0.25) is 0 Å². The molecule has 0 aromatic heterocycles. The average Bonchev–Trinajstić information content (AvgIpc) is 2.91. The fraction of sp³-hybridized carbons (Fsp3) is 0.400. The fourth-order valence-corrected chi connectivity index (χ4v) is 1.85. The molecule has 1 unspecified atom stereocenters. The number of hydrogen-bond acceptors (Lipinski definition) is 2. The lowest BCUT2D eigenvalue weighted by atomic mass is 10.0. The van der Waals surface area contributed by atoms with Crippen LogP contribution in [0.3, 0.4) is 0 Å². The Labute approximate surface area is 85.9 Å². The van der Waals surface area contributed by atoms with Crippen molar-refractivity contribution in [3.8, 4) is 0 Å². The summed E-state index contributed by atoms with van der Waals surface area (Å²) in [7, 11) is 0. The molecule has 1 aliphatic rings. The summed E-state index contributed by atoms with van der Waals surface area (Å²) < 4.78 is 0.969. The normalized spacial score (nSPS) is 18.6. The van der Waals surface area contributed by atoms with Crippen molar-refractivity contribution >= 4 is 21.6 Å². The minimum atomic E-state index is -0.377. The molecule has 1 aliphatic carbocycles. The first-order valence-electron chi connectivity index (χ1n) is 4.41. The fourth-order valence-electron chi connectivity index (χ4n) is 1.47. The maximum absolute atomic E-state index is 9.86. The van der Waals surface area contributed by atoms with Gasteiger partial charge >= 0.3 is 0 Å². The summed E-state index contributed by atoms with van der Waals surface area (Å²) in [6.07, 6.45) is 1.86. The van der Waals surface area contributed by atoms with Crippen LogP contribution in [0.15, 0.2) is 22.7 Å². The molecule has 0 radical (unpaired) electrons. The summed E-state index contributed by atoms with van der Waals surface area (Å²) in [5, 5.41) is 9.86. The van der Waals surface area contributed by atoms with Crippen molar-refractivity contribution < 1.29 is 5.11 Å². The van der Waals surface area contributed by atoms with E-state index in [-0.39, 0.29) is 6.10 Å². The van der Waals surface area contributed by atoms with Crippen LogP contribution in [0.4, 0.5) is 5.69 Å². The van der Waals surface area contributed by atoms with E-state index in [0.717, 1.165) is 22.9 Å². The highest BCUT2D eigenvalue weighted by atomic mass is 79.9. The third kappa shape index (κ3) is 1.86. The monoisotopic (exact) mass is 241 g/mol. The smallest absolute Gasteiger partial charge is 0.0838 e. The van der Waals surface area contributed by atoms with Crippen molar-refractivity contribution in [2.24, 2.45) is 5.92 Å². The van der Waals surface area contributed by atoms with Crippen LogP contribution in [-0.2, 0) is 0 Å². The Kier molecular flexibility index (Phi) is 2.30. The van der Waals surface area contributed by atoms with Gasteiger partial charge in [0.25, 0.3) is 0 Å². The second-order valence-electron chi connectivity index (χ2n) is 3.56. The van der Waals surface area contributed by atoms with E-state index in [4.69, 9.17) is 5.73 Å². The number of hydrogen-bond donors (Lipinski definition) is 2. The van der Waals surface area contributed by atoms with Crippen molar-refractivity contribution in [2.45, 2.75) is 18.9 Å². The molecule has 0 amide bonds. The largest absolute Gasteiger partial charge is 0.398 e. The number of aliphatic hydroxyl groups excluding tert-OH is 1. The molecule has 70 valence electrons. The molecule has 1 aromatic rings. The Balaban J connectivity index is 2.31. The summed E-state index contributed by atoms with van der Waals surface area (Å²) in [4.78, 5) is 0. The summed E-state index contributed by atoms with van der Waals surface area (Å²) in [5.74, 6) is 0.427. The van der Waals surface area contributed by atoms with Gasteiger partial charge in [-0.1, -0.05) is 15.9 Å². The second kappa shape index (κ2) is 3.31. The van der Waals surface area contributed by atoms with Gasteiger partial charge in [0.1, 0.15) is 0 Å². The van der Waals surface area contributed by atoms with Gasteiger partial charge in [0, 0.05) is 15.7 Å².